The molecule has 24 heavy (non-hydrogen) atoms. The highest BCUT2D eigenvalue weighted by Gasteiger charge is 2.44. The molecule has 2 fully saturated rings. The first-order valence-corrected chi connectivity index (χ1v) is 8.86. The number of nitrogens with zero attached hydrogens (tertiary/aromatic N) is 1. The number of benzene rings is 1. The molecule has 0 bridgehead atoms. The van der Waals surface area contributed by atoms with Crippen molar-refractivity contribution in [3.05, 3.63) is 36.0 Å². The van der Waals surface area contributed by atoms with E-state index in [-0.39, 0.29) is 5.91 Å². The topological polar surface area (TPSA) is 57.4 Å². The second-order valence-electron chi connectivity index (χ2n) is 7.20. The first-order chi connectivity index (χ1) is 11.7. The van der Waals surface area contributed by atoms with Crippen molar-refractivity contribution in [2.24, 2.45) is 5.41 Å². The Morgan fingerprint density at radius 2 is 2.04 bits per heavy atom. The van der Waals surface area contributed by atoms with Crippen LogP contribution in [0.3, 0.4) is 0 Å². The molecule has 0 spiro atoms. The third-order valence-corrected chi connectivity index (χ3v) is 5.31. The maximum Gasteiger partial charge on any atom is 0.224 e. The summed E-state index contributed by atoms with van der Waals surface area (Å²) >= 11 is 0. The minimum Gasteiger partial charge on any atom is -0.379 e. The summed E-state index contributed by atoms with van der Waals surface area (Å²) in [5.74, 6) is 0.119. The Morgan fingerprint density at radius 1 is 1.25 bits per heavy atom. The summed E-state index contributed by atoms with van der Waals surface area (Å²) in [4.78, 5) is 18.1. The second kappa shape index (κ2) is 6.57. The number of aromatic amines is 1. The smallest absolute Gasteiger partial charge is 0.224 e. The van der Waals surface area contributed by atoms with Gasteiger partial charge in [0.15, 0.2) is 0 Å². The first kappa shape index (κ1) is 15.7. The molecule has 128 valence electrons. The van der Waals surface area contributed by atoms with Crippen LogP contribution in [0.1, 0.15) is 18.4 Å². The lowest BCUT2D eigenvalue weighted by atomic mass is 10.1. The predicted octanol–water partition coefficient (Wildman–Crippen LogP) is 1.94. The quantitative estimate of drug-likeness (QED) is 0.852. The van der Waals surface area contributed by atoms with E-state index in [4.69, 9.17) is 4.74 Å². The molecule has 1 aliphatic heterocycles. The van der Waals surface area contributed by atoms with Crippen molar-refractivity contribution in [2.45, 2.75) is 19.3 Å². The molecular formula is C19H25N3O2. The lowest BCUT2D eigenvalue weighted by molar-refractivity contribution is -0.120. The largest absolute Gasteiger partial charge is 0.379 e. The standard InChI is InChI=1S/C19H25N3O2/c23-18(11-15-12-20-17-4-2-1-3-16(15)17)21-13-19(5-6-19)14-22-7-9-24-10-8-22/h1-4,12,20H,5-11,13-14H2,(H,21,23). The van der Waals surface area contributed by atoms with Crippen LogP contribution in [0, 0.1) is 5.41 Å². The lowest BCUT2D eigenvalue weighted by Gasteiger charge is -2.30. The Hall–Kier alpha value is -1.85. The Labute approximate surface area is 142 Å². The Bertz CT molecular complexity index is 714. The van der Waals surface area contributed by atoms with E-state index in [9.17, 15) is 4.79 Å². The van der Waals surface area contributed by atoms with Crippen LogP contribution in [0.4, 0.5) is 0 Å². The van der Waals surface area contributed by atoms with Crippen LogP contribution < -0.4 is 5.32 Å². The predicted molar refractivity (Wildman–Crippen MR) is 93.9 cm³/mol. The molecule has 1 amide bonds. The maximum absolute atomic E-state index is 12.4. The number of ether oxygens (including phenoxy) is 1. The summed E-state index contributed by atoms with van der Waals surface area (Å²) in [5.41, 5.74) is 2.46. The molecule has 2 aromatic rings. The van der Waals surface area contributed by atoms with Crippen LogP contribution in [0.2, 0.25) is 0 Å². The van der Waals surface area contributed by atoms with Gasteiger partial charge < -0.3 is 15.0 Å². The SMILES string of the molecule is O=C(Cc1c[nH]c2ccccc12)NCC1(CN2CCOCC2)CC1. The van der Waals surface area contributed by atoms with Crippen molar-refractivity contribution in [3.8, 4) is 0 Å². The summed E-state index contributed by atoms with van der Waals surface area (Å²) < 4.78 is 5.41. The number of carbonyl (C=O) groups is 1. The van der Waals surface area contributed by atoms with Crippen LogP contribution in [-0.4, -0.2) is 55.2 Å². The maximum atomic E-state index is 12.4. The number of carbonyl (C=O) groups excluding carboxylic acids is 1. The Kier molecular flexibility index (Phi) is 4.29. The Balaban J connectivity index is 1.30. The fourth-order valence-corrected chi connectivity index (χ4v) is 3.60. The van der Waals surface area contributed by atoms with Crippen molar-refractivity contribution < 1.29 is 9.53 Å². The molecule has 1 saturated carbocycles. The monoisotopic (exact) mass is 327 g/mol. The number of amides is 1. The first-order valence-electron chi connectivity index (χ1n) is 8.86. The average molecular weight is 327 g/mol. The minimum absolute atomic E-state index is 0.119. The fourth-order valence-electron chi connectivity index (χ4n) is 3.60. The van der Waals surface area contributed by atoms with E-state index in [1.807, 2.05) is 24.4 Å². The number of fused-ring (bicyclic) bond motifs is 1. The zero-order chi connectivity index (χ0) is 16.4. The highest BCUT2D eigenvalue weighted by molar-refractivity contribution is 5.88. The number of hydrogen-bond donors (Lipinski definition) is 2. The van der Waals surface area contributed by atoms with E-state index in [1.54, 1.807) is 0 Å². The highest BCUT2D eigenvalue weighted by atomic mass is 16.5. The molecule has 0 radical (unpaired) electrons. The lowest BCUT2D eigenvalue weighted by Crippen LogP contribution is -2.43. The average Bonchev–Trinajstić information content (AvgIpc) is 3.26. The minimum atomic E-state index is 0.119. The van der Waals surface area contributed by atoms with Gasteiger partial charge in [-0.3, -0.25) is 9.69 Å². The molecule has 1 aromatic heterocycles. The molecule has 5 heteroatoms. The summed E-state index contributed by atoms with van der Waals surface area (Å²) in [6, 6.07) is 8.12. The van der Waals surface area contributed by atoms with Gasteiger partial charge in [-0.05, 0) is 24.5 Å². The molecule has 0 unspecified atom stereocenters. The summed E-state index contributed by atoms with van der Waals surface area (Å²) in [7, 11) is 0. The van der Waals surface area contributed by atoms with Gasteiger partial charge in [0.2, 0.25) is 5.91 Å². The van der Waals surface area contributed by atoms with E-state index < -0.39 is 0 Å². The van der Waals surface area contributed by atoms with E-state index in [0.717, 1.165) is 55.9 Å². The van der Waals surface area contributed by atoms with E-state index in [0.29, 0.717) is 11.8 Å². The molecule has 2 N–H and O–H groups in total. The van der Waals surface area contributed by atoms with E-state index >= 15 is 0 Å². The number of rotatable bonds is 6. The molecular weight excluding hydrogens is 302 g/mol. The van der Waals surface area contributed by atoms with Crippen LogP contribution in [-0.2, 0) is 16.0 Å². The number of nitrogens with one attached hydrogen (secondary N) is 2. The van der Waals surface area contributed by atoms with E-state index in [2.05, 4.69) is 21.3 Å². The van der Waals surface area contributed by atoms with Gasteiger partial charge in [-0.2, -0.15) is 0 Å². The van der Waals surface area contributed by atoms with Crippen molar-refractivity contribution in [1.82, 2.24) is 15.2 Å². The number of aromatic nitrogens is 1. The highest BCUT2D eigenvalue weighted by Crippen LogP contribution is 2.45. The van der Waals surface area contributed by atoms with Crippen molar-refractivity contribution >= 4 is 16.8 Å². The fraction of sp³-hybridized carbons (Fsp3) is 0.526. The third kappa shape index (κ3) is 3.47. The van der Waals surface area contributed by atoms with Crippen molar-refractivity contribution in [1.29, 1.82) is 0 Å². The van der Waals surface area contributed by atoms with Gasteiger partial charge in [-0.1, -0.05) is 18.2 Å². The Morgan fingerprint density at radius 3 is 2.83 bits per heavy atom. The number of morpholine rings is 1. The molecule has 4 rings (SSSR count). The molecule has 1 aromatic carbocycles. The van der Waals surface area contributed by atoms with Gasteiger partial charge in [0.25, 0.3) is 0 Å². The number of H-pyrrole nitrogens is 1. The van der Waals surface area contributed by atoms with Gasteiger partial charge in [0.1, 0.15) is 0 Å². The summed E-state index contributed by atoms with van der Waals surface area (Å²) in [6.45, 7) is 5.59. The van der Waals surface area contributed by atoms with Crippen LogP contribution in [0.15, 0.2) is 30.5 Å². The molecule has 0 atom stereocenters. The van der Waals surface area contributed by atoms with Gasteiger partial charge in [0, 0.05) is 48.7 Å². The van der Waals surface area contributed by atoms with Crippen molar-refractivity contribution in [3.63, 3.8) is 0 Å². The van der Waals surface area contributed by atoms with Gasteiger partial charge >= 0.3 is 0 Å². The van der Waals surface area contributed by atoms with E-state index in [1.165, 1.54) is 12.8 Å². The molecule has 2 heterocycles. The second-order valence-corrected chi connectivity index (χ2v) is 7.20. The van der Waals surface area contributed by atoms with Crippen LogP contribution in [0.25, 0.3) is 10.9 Å². The van der Waals surface area contributed by atoms with Gasteiger partial charge in [0.05, 0.1) is 19.6 Å². The molecule has 1 aliphatic carbocycles. The van der Waals surface area contributed by atoms with Crippen LogP contribution >= 0.6 is 0 Å². The number of para-hydroxylation sites is 1. The normalized spacial score (nSPS) is 20.2. The summed E-state index contributed by atoms with van der Waals surface area (Å²) in [5, 5.41) is 4.31. The molecule has 2 aliphatic rings. The molecule has 1 saturated heterocycles. The molecule has 5 nitrogen and oxygen atoms in total. The van der Waals surface area contributed by atoms with Crippen molar-refractivity contribution in [2.75, 3.05) is 39.4 Å². The summed E-state index contributed by atoms with van der Waals surface area (Å²) in [6.07, 6.45) is 4.83. The van der Waals surface area contributed by atoms with Gasteiger partial charge in [-0.25, -0.2) is 0 Å². The number of hydrogen-bond acceptors (Lipinski definition) is 3. The zero-order valence-corrected chi connectivity index (χ0v) is 14.0. The van der Waals surface area contributed by atoms with Gasteiger partial charge in [-0.15, -0.1) is 0 Å². The van der Waals surface area contributed by atoms with Crippen LogP contribution in [0.5, 0.6) is 0 Å². The zero-order valence-electron chi connectivity index (χ0n) is 14.0. The third-order valence-electron chi connectivity index (χ3n) is 5.31.